The minimum atomic E-state index is -3.46. The van der Waals surface area contributed by atoms with Gasteiger partial charge in [0.2, 0.25) is 5.91 Å². The predicted molar refractivity (Wildman–Crippen MR) is 159 cm³/mol. The Bertz CT molecular complexity index is 1500. The number of amides is 3. The highest BCUT2D eigenvalue weighted by Gasteiger charge is 2.64. The lowest BCUT2D eigenvalue weighted by Crippen LogP contribution is -2.57. The van der Waals surface area contributed by atoms with E-state index in [9.17, 15) is 24.6 Å². The topological polar surface area (TPSA) is 128 Å². The van der Waals surface area contributed by atoms with E-state index in [-0.39, 0.29) is 24.3 Å². The van der Waals surface area contributed by atoms with Crippen molar-refractivity contribution in [3.8, 4) is 11.5 Å². The summed E-state index contributed by atoms with van der Waals surface area (Å²) >= 11 is 0. The molecule has 0 saturated carbocycles. The molecule has 3 atom stereocenters. The number of rotatable bonds is 10. The van der Waals surface area contributed by atoms with Crippen LogP contribution >= 0.6 is 0 Å². The van der Waals surface area contributed by atoms with Crippen LogP contribution in [-0.4, -0.2) is 70.6 Å². The van der Waals surface area contributed by atoms with Gasteiger partial charge in [0.05, 0.1) is 25.1 Å². The van der Waals surface area contributed by atoms with E-state index in [1.54, 1.807) is 61.5 Å². The zero-order valence-corrected chi connectivity index (χ0v) is 25.0. The summed E-state index contributed by atoms with van der Waals surface area (Å²) < 4.78 is 35.8. The number of nitrogens with zero attached hydrogens (tertiary/aromatic N) is 1. The van der Waals surface area contributed by atoms with Gasteiger partial charge in [0.15, 0.2) is 6.10 Å². The van der Waals surface area contributed by atoms with E-state index in [1.165, 1.54) is 39.2 Å². The molecule has 44 heavy (non-hydrogen) atoms. The first-order valence-corrected chi connectivity index (χ1v) is 14.2. The average molecular weight is 610 g/mol. The number of carbonyl (C=O) groups excluding carboxylic acids is 3. The van der Waals surface area contributed by atoms with Gasteiger partial charge in [-0.1, -0.05) is 62.4 Å². The number of halogens is 2. The molecule has 1 saturated heterocycles. The van der Waals surface area contributed by atoms with Gasteiger partial charge in [-0.3, -0.25) is 14.4 Å². The van der Waals surface area contributed by atoms with E-state index in [1.807, 2.05) is 0 Å². The van der Waals surface area contributed by atoms with Crippen LogP contribution in [0.5, 0.6) is 11.5 Å². The molecule has 1 fully saturated rings. The van der Waals surface area contributed by atoms with E-state index in [0.717, 1.165) is 0 Å². The molecule has 0 aliphatic carbocycles. The molecule has 3 amide bonds. The molecule has 1 heterocycles. The number of aromatic hydroxyl groups is 1. The Balaban J connectivity index is 1.60. The van der Waals surface area contributed by atoms with E-state index in [4.69, 9.17) is 4.74 Å². The maximum atomic E-state index is 15.4. The Hall–Kier alpha value is -4.51. The van der Waals surface area contributed by atoms with Crippen LogP contribution in [0.2, 0.25) is 0 Å². The third-order valence-corrected chi connectivity index (χ3v) is 8.26. The zero-order chi connectivity index (χ0) is 32.2. The second-order valence-corrected chi connectivity index (χ2v) is 11.5. The maximum Gasteiger partial charge on any atom is 0.272 e. The standard InChI is InChI=1S/C33H37F2N3O6/c1-20-24(11-8-12-26(20)39)29(41)37-25(17-21-9-6-5-7-10-21)27(40)31(43)38-19-33(34,35)32(2,3)28(38)30(42)36-18-22-13-15-23(44-4)16-14-22/h5-16,25,27-28,39-40H,17-19H2,1-4H3,(H,36,42)(H,37,41)/t25-,27-,28+/m0/s1. The Kier molecular flexibility index (Phi) is 9.58. The number of ether oxygens (including phenoxy) is 1. The molecule has 1 aliphatic heterocycles. The molecule has 0 aromatic heterocycles. The SMILES string of the molecule is COc1ccc(CNC(=O)[C@H]2N(C(=O)[C@@H](O)[C@H](Cc3ccccc3)NC(=O)c3cccc(O)c3C)CC(F)(F)C2(C)C)cc1. The van der Waals surface area contributed by atoms with Gasteiger partial charge >= 0.3 is 0 Å². The molecular weight excluding hydrogens is 572 g/mol. The molecule has 3 aromatic rings. The van der Waals surface area contributed by atoms with Crippen LogP contribution in [0.15, 0.2) is 72.8 Å². The number of phenolic OH excluding ortho intramolecular Hbond substituents is 1. The van der Waals surface area contributed by atoms with E-state index in [0.29, 0.717) is 27.3 Å². The highest BCUT2D eigenvalue weighted by Crippen LogP contribution is 2.48. The summed E-state index contributed by atoms with van der Waals surface area (Å²) in [6, 6.07) is 17.1. The third kappa shape index (κ3) is 6.67. The van der Waals surface area contributed by atoms with E-state index >= 15 is 8.78 Å². The van der Waals surface area contributed by atoms with Crippen molar-refractivity contribution in [3.63, 3.8) is 0 Å². The summed E-state index contributed by atoms with van der Waals surface area (Å²) in [6.07, 6.45) is -1.99. The van der Waals surface area contributed by atoms with Crippen LogP contribution in [-0.2, 0) is 22.6 Å². The van der Waals surface area contributed by atoms with Crippen molar-refractivity contribution in [2.45, 2.75) is 57.8 Å². The fraction of sp³-hybridized carbons (Fsp3) is 0.364. The minimum absolute atomic E-state index is 0.0146. The minimum Gasteiger partial charge on any atom is -0.508 e. The first-order chi connectivity index (χ1) is 20.8. The van der Waals surface area contributed by atoms with Gasteiger partial charge in [-0.25, -0.2) is 8.78 Å². The number of likely N-dealkylation sites (tertiary alicyclic amines) is 1. The first-order valence-electron chi connectivity index (χ1n) is 14.2. The van der Waals surface area contributed by atoms with Gasteiger partial charge in [-0.15, -0.1) is 0 Å². The molecule has 0 spiro atoms. The van der Waals surface area contributed by atoms with Gasteiger partial charge in [0, 0.05) is 17.7 Å². The molecule has 0 unspecified atom stereocenters. The Morgan fingerprint density at radius 3 is 2.30 bits per heavy atom. The molecule has 1 aliphatic rings. The summed E-state index contributed by atoms with van der Waals surface area (Å²) in [5.41, 5.74) is -0.208. The number of phenols is 1. The number of aliphatic hydroxyl groups is 1. The number of benzene rings is 3. The van der Waals surface area contributed by atoms with Crippen molar-refractivity contribution < 1.29 is 38.1 Å². The molecule has 11 heteroatoms. The molecule has 9 nitrogen and oxygen atoms in total. The first kappa shape index (κ1) is 32.4. The lowest BCUT2D eigenvalue weighted by atomic mass is 9.81. The summed E-state index contributed by atoms with van der Waals surface area (Å²) in [5, 5.41) is 26.7. The van der Waals surface area contributed by atoms with Crippen molar-refractivity contribution in [3.05, 3.63) is 95.1 Å². The molecule has 0 radical (unpaired) electrons. The smallest absolute Gasteiger partial charge is 0.272 e. The van der Waals surface area contributed by atoms with E-state index < -0.39 is 53.8 Å². The fourth-order valence-corrected chi connectivity index (χ4v) is 5.37. The quantitative estimate of drug-likeness (QED) is 0.278. The highest BCUT2D eigenvalue weighted by atomic mass is 19.3. The molecular formula is C33H37F2N3O6. The second kappa shape index (κ2) is 13.0. The van der Waals surface area contributed by atoms with Crippen LogP contribution < -0.4 is 15.4 Å². The van der Waals surface area contributed by atoms with Crippen LogP contribution in [0.25, 0.3) is 0 Å². The van der Waals surface area contributed by atoms with Crippen molar-refractivity contribution in [1.29, 1.82) is 0 Å². The number of aliphatic hydroxyl groups excluding tert-OH is 1. The van der Waals surface area contributed by atoms with Gasteiger partial charge in [-0.2, -0.15) is 0 Å². The van der Waals surface area contributed by atoms with Crippen LogP contribution in [0.4, 0.5) is 8.78 Å². The van der Waals surface area contributed by atoms with Gasteiger partial charge in [-0.05, 0) is 48.7 Å². The monoisotopic (exact) mass is 609 g/mol. The Morgan fingerprint density at radius 2 is 1.66 bits per heavy atom. The van der Waals surface area contributed by atoms with Crippen molar-refractivity contribution >= 4 is 17.7 Å². The predicted octanol–water partition coefficient (Wildman–Crippen LogP) is 3.60. The number of methoxy groups -OCH3 is 1. The number of alkyl halides is 2. The Morgan fingerprint density at radius 1 is 1.00 bits per heavy atom. The number of nitrogens with one attached hydrogen (secondary N) is 2. The second-order valence-electron chi connectivity index (χ2n) is 11.5. The lowest BCUT2D eigenvalue weighted by Gasteiger charge is -2.34. The number of hydrogen-bond acceptors (Lipinski definition) is 6. The fourth-order valence-electron chi connectivity index (χ4n) is 5.37. The van der Waals surface area contributed by atoms with Crippen LogP contribution in [0, 0.1) is 12.3 Å². The summed E-state index contributed by atoms with van der Waals surface area (Å²) in [7, 11) is 1.52. The van der Waals surface area contributed by atoms with Crippen molar-refractivity contribution in [2.24, 2.45) is 5.41 Å². The summed E-state index contributed by atoms with van der Waals surface area (Å²) in [5.74, 6) is -5.55. The average Bonchev–Trinajstić information content (AvgIpc) is 3.20. The summed E-state index contributed by atoms with van der Waals surface area (Å²) in [6.45, 7) is 2.88. The van der Waals surface area contributed by atoms with Crippen LogP contribution in [0.3, 0.4) is 0 Å². The van der Waals surface area contributed by atoms with Crippen LogP contribution in [0.1, 0.15) is 40.9 Å². The largest absolute Gasteiger partial charge is 0.508 e. The van der Waals surface area contributed by atoms with Crippen molar-refractivity contribution in [1.82, 2.24) is 15.5 Å². The summed E-state index contributed by atoms with van der Waals surface area (Å²) in [4.78, 5) is 41.2. The molecule has 4 N–H and O–H groups in total. The Labute approximate surface area is 254 Å². The van der Waals surface area contributed by atoms with Gasteiger partial charge in [0.25, 0.3) is 17.7 Å². The maximum absolute atomic E-state index is 15.4. The number of carbonyl (C=O) groups is 3. The molecule has 0 bridgehead atoms. The third-order valence-electron chi connectivity index (χ3n) is 8.26. The zero-order valence-electron chi connectivity index (χ0n) is 25.0. The molecule has 3 aromatic carbocycles. The van der Waals surface area contributed by atoms with Gasteiger partial charge < -0.3 is 30.5 Å². The van der Waals surface area contributed by atoms with Crippen molar-refractivity contribution in [2.75, 3.05) is 13.7 Å². The molecule has 4 rings (SSSR count). The lowest BCUT2D eigenvalue weighted by molar-refractivity contribution is -0.148. The normalized spacial score (nSPS) is 18.2. The molecule has 234 valence electrons. The van der Waals surface area contributed by atoms with Gasteiger partial charge in [0.1, 0.15) is 17.5 Å². The van der Waals surface area contributed by atoms with E-state index in [2.05, 4.69) is 10.6 Å². The highest BCUT2D eigenvalue weighted by molar-refractivity contribution is 5.97. The number of hydrogen-bond donors (Lipinski definition) is 4.